The monoisotopic (exact) mass is 280 g/mol. The molecule has 0 saturated heterocycles. The topological polar surface area (TPSA) is 64.4 Å². The third-order valence-electron chi connectivity index (χ3n) is 3.61. The summed E-state index contributed by atoms with van der Waals surface area (Å²) in [6, 6.07) is 14.7. The lowest BCUT2D eigenvalue weighted by Gasteiger charge is -2.35. The van der Waals surface area contributed by atoms with Crippen LogP contribution in [0.25, 0.3) is 0 Å². The third kappa shape index (κ3) is 2.00. The van der Waals surface area contributed by atoms with Crippen LogP contribution in [0.3, 0.4) is 0 Å². The summed E-state index contributed by atoms with van der Waals surface area (Å²) in [6.45, 7) is 3.97. The van der Waals surface area contributed by atoms with Crippen LogP contribution >= 0.6 is 0 Å². The van der Waals surface area contributed by atoms with Gasteiger partial charge in [0.05, 0.1) is 0 Å². The molecule has 0 aliphatic carbocycles. The van der Waals surface area contributed by atoms with E-state index in [1.165, 1.54) is 0 Å². The van der Waals surface area contributed by atoms with E-state index in [2.05, 4.69) is 11.9 Å². The molecule has 0 atom stereocenters. The van der Waals surface area contributed by atoms with Gasteiger partial charge in [-0.05, 0) is 12.1 Å². The second-order valence-corrected chi connectivity index (χ2v) is 4.90. The van der Waals surface area contributed by atoms with Crippen molar-refractivity contribution in [1.29, 1.82) is 0 Å². The number of fused-ring (bicyclic) bond motifs is 2. The third-order valence-corrected chi connectivity index (χ3v) is 3.61. The van der Waals surface area contributed by atoms with Crippen molar-refractivity contribution in [2.24, 2.45) is 5.73 Å². The van der Waals surface area contributed by atoms with Crippen LogP contribution in [0.2, 0.25) is 0 Å². The minimum atomic E-state index is -1.27. The molecule has 0 bridgehead atoms. The first-order chi connectivity index (χ1) is 10.2. The van der Waals surface area contributed by atoms with E-state index in [1.54, 1.807) is 6.08 Å². The molecule has 1 heterocycles. The van der Waals surface area contributed by atoms with Crippen molar-refractivity contribution < 1.29 is 9.53 Å². The van der Waals surface area contributed by atoms with E-state index >= 15 is 0 Å². The molecule has 0 radical (unpaired) electrons. The molecule has 21 heavy (non-hydrogen) atoms. The fourth-order valence-corrected chi connectivity index (χ4v) is 2.58. The van der Waals surface area contributed by atoms with Gasteiger partial charge in [-0.1, -0.05) is 42.5 Å². The number of amides is 1. The zero-order valence-corrected chi connectivity index (χ0v) is 11.5. The number of rotatable bonds is 3. The maximum absolute atomic E-state index is 12.7. The average molecular weight is 280 g/mol. The van der Waals surface area contributed by atoms with Crippen LogP contribution in [0.4, 0.5) is 0 Å². The van der Waals surface area contributed by atoms with Crippen molar-refractivity contribution in [3.8, 4) is 11.5 Å². The summed E-state index contributed by atoms with van der Waals surface area (Å²) >= 11 is 0. The van der Waals surface area contributed by atoms with Gasteiger partial charge in [-0.2, -0.15) is 0 Å². The molecule has 0 fully saturated rings. The Balaban J connectivity index is 2.18. The molecule has 1 amide bonds. The average Bonchev–Trinajstić information content (AvgIpc) is 2.53. The Morgan fingerprint density at radius 2 is 1.67 bits per heavy atom. The second-order valence-electron chi connectivity index (χ2n) is 4.90. The fraction of sp³-hybridized carbons (Fsp3) is 0.118. The van der Waals surface area contributed by atoms with Gasteiger partial charge in [0, 0.05) is 17.7 Å². The van der Waals surface area contributed by atoms with Crippen molar-refractivity contribution >= 4 is 5.91 Å². The zero-order chi connectivity index (χ0) is 14.9. The van der Waals surface area contributed by atoms with E-state index in [0.29, 0.717) is 29.2 Å². The summed E-state index contributed by atoms with van der Waals surface area (Å²) in [7, 11) is 0. The number of para-hydroxylation sites is 2. The largest absolute Gasteiger partial charge is 0.457 e. The van der Waals surface area contributed by atoms with Gasteiger partial charge in [0.1, 0.15) is 11.5 Å². The molecule has 1 aliphatic rings. The molecule has 0 saturated carbocycles. The molecule has 2 aromatic rings. The van der Waals surface area contributed by atoms with Crippen molar-refractivity contribution in [2.45, 2.75) is 5.54 Å². The Hall–Kier alpha value is -2.59. The number of nitrogens with one attached hydrogen (secondary N) is 1. The number of nitrogens with two attached hydrogens (primary N) is 1. The first-order valence-corrected chi connectivity index (χ1v) is 6.73. The van der Waals surface area contributed by atoms with Gasteiger partial charge in [-0.15, -0.1) is 6.58 Å². The molecule has 0 unspecified atom stereocenters. The summed E-state index contributed by atoms with van der Waals surface area (Å²) in [4.78, 5) is 12.7. The van der Waals surface area contributed by atoms with Crippen LogP contribution in [-0.4, -0.2) is 12.5 Å². The highest BCUT2D eigenvalue weighted by Gasteiger charge is 2.44. The minimum absolute atomic E-state index is 0.273. The SMILES string of the molecule is C=CCNC(=O)C1(N)c2ccccc2Oc2ccccc21. The van der Waals surface area contributed by atoms with Gasteiger partial charge in [-0.3, -0.25) is 4.79 Å². The van der Waals surface area contributed by atoms with Crippen LogP contribution in [0.1, 0.15) is 11.1 Å². The zero-order valence-electron chi connectivity index (χ0n) is 11.5. The van der Waals surface area contributed by atoms with E-state index in [0.717, 1.165) is 0 Å². The van der Waals surface area contributed by atoms with Crippen molar-refractivity contribution in [1.82, 2.24) is 5.32 Å². The number of hydrogen-bond donors (Lipinski definition) is 2. The maximum atomic E-state index is 12.7. The predicted octanol–water partition coefficient (Wildman–Crippen LogP) is 2.30. The molecule has 4 heteroatoms. The molecular weight excluding hydrogens is 264 g/mol. The molecule has 1 aliphatic heterocycles. The highest BCUT2D eigenvalue weighted by molar-refractivity contribution is 5.93. The lowest BCUT2D eigenvalue weighted by Crippen LogP contribution is -2.53. The van der Waals surface area contributed by atoms with E-state index in [9.17, 15) is 4.79 Å². The van der Waals surface area contributed by atoms with Crippen LogP contribution in [0.5, 0.6) is 11.5 Å². The summed E-state index contributed by atoms with van der Waals surface area (Å²) < 4.78 is 5.85. The summed E-state index contributed by atoms with van der Waals surface area (Å²) in [6.07, 6.45) is 1.62. The van der Waals surface area contributed by atoms with Crippen molar-refractivity contribution in [3.05, 3.63) is 72.3 Å². The smallest absolute Gasteiger partial charge is 0.249 e. The van der Waals surface area contributed by atoms with Crippen LogP contribution in [-0.2, 0) is 10.3 Å². The molecule has 0 spiro atoms. The van der Waals surface area contributed by atoms with E-state index in [4.69, 9.17) is 10.5 Å². The lowest BCUT2D eigenvalue weighted by atomic mass is 9.80. The summed E-state index contributed by atoms with van der Waals surface area (Å²) in [5.41, 5.74) is 6.59. The van der Waals surface area contributed by atoms with Gasteiger partial charge < -0.3 is 15.8 Å². The fourth-order valence-electron chi connectivity index (χ4n) is 2.58. The number of carbonyl (C=O) groups excluding carboxylic acids is 1. The maximum Gasteiger partial charge on any atom is 0.249 e. The number of hydrogen-bond acceptors (Lipinski definition) is 3. The van der Waals surface area contributed by atoms with E-state index < -0.39 is 5.54 Å². The number of benzene rings is 2. The Morgan fingerprint density at radius 1 is 1.14 bits per heavy atom. The van der Waals surface area contributed by atoms with Gasteiger partial charge in [0.15, 0.2) is 5.54 Å². The Labute approximate surface area is 123 Å². The molecule has 3 rings (SSSR count). The van der Waals surface area contributed by atoms with Gasteiger partial charge >= 0.3 is 0 Å². The van der Waals surface area contributed by atoms with Crippen molar-refractivity contribution in [3.63, 3.8) is 0 Å². The van der Waals surface area contributed by atoms with Crippen LogP contribution in [0, 0.1) is 0 Å². The van der Waals surface area contributed by atoms with Gasteiger partial charge in [0.25, 0.3) is 0 Å². The molecule has 2 aromatic carbocycles. The first kappa shape index (κ1) is 13.4. The van der Waals surface area contributed by atoms with Crippen LogP contribution < -0.4 is 15.8 Å². The predicted molar refractivity (Wildman–Crippen MR) is 81.1 cm³/mol. The normalized spacial score (nSPS) is 14.3. The Morgan fingerprint density at radius 3 is 2.19 bits per heavy atom. The summed E-state index contributed by atoms with van der Waals surface area (Å²) in [5, 5.41) is 2.79. The van der Waals surface area contributed by atoms with Crippen LogP contribution in [0.15, 0.2) is 61.2 Å². The number of carbonyl (C=O) groups is 1. The second kappa shape index (κ2) is 5.07. The molecular formula is C17H16N2O2. The first-order valence-electron chi connectivity index (χ1n) is 6.73. The minimum Gasteiger partial charge on any atom is -0.457 e. The Bertz CT molecular complexity index is 664. The van der Waals surface area contributed by atoms with Gasteiger partial charge in [-0.25, -0.2) is 0 Å². The molecule has 4 nitrogen and oxygen atoms in total. The standard InChI is InChI=1S/C17H16N2O2/c1-2-11-19-16(20)17(18)12-7-3-5-9-14(12)21-15-10-6-4-8-13(15)17/h2-10H,1,11,18H2,(H,19,20). The Kier molecular flexibility index (Phi) is 3.23. The summed E-state index contributed by atoms with van der Waals surface area (Å²) in [5.74, 6) is 0.936. The lowest BCUT2D eigenvalue weighted by molar-refractivity contribution is -0.125. The number of ether oxygens (including phenoxy) is 1. The molecule has 3 N–H and O–H groups in total. The van der Waals surface area contributed by atoms with Gasteiger partial charge in [0.2, 0.25) is 5.91 Å². The highest BCUT2D eigenvalue weighted by atomic mass is 16.5. The quantitative estimate of drug-likeness (QED) is 0.848. The van der Waals surface area contributed by atoms with Crippen molar-refractivity contribution in [2.75, 3.05) is 6.54 Å². The van der Waals surface area contributed by atoms with E-state index in [1.807, 2.05) is 48.5 Å². The van der Waals surface area contributed by atoms with E-state index in [-0.39, 0.29) is 5.91 Å². The molecule has 0 aromatic heterocycles. The highest BCUT2D eigenvalue weighted by Crippen LogP contribution is 2.45. The molecule has 106 valence electrons.